The summed E-state index contributed by atoms with van der Waals surface area (Å²) < 4.78 is 81.7. The van der Waals surface area contributed by atoms with Gasteiger partial charge in [-0.25, -0.2) is 9.59 Å². The SMILES string of the molecule is CCC/C=C/C(=O)O[C@H]1CC(C)(C)CC2[C@]13[C@H](O)O[C@@]21CCC2[C@@]4(C)CC[C@H](O[C@@H]5O[C@H](C(=O)O)[C@@H](O)[C@H](O[C@@H]6O[C@H](CO)[C@H](O)[C@H](O)[C@H]6O[C@@H]6O[C@@H](C)[C@H](O)[C@@H](O)[C@H]6O[C@@H]6OC[C@](O)(CO)[C@H]6O)[C@H]5O[C@@H]5O[C@H](CO)[C@H](O)[C@H](O)[C@H]5O)C(C)(C)C4CC[C@@]2(C)[C@]1(C)C[C@H]3OC(C)=O. The summed E-state index contributed by atoms with van der Waals surface area (Å²) in [5.41, 5.74) is -7.58. The number of esters is 2. The van der Waals surface area contributed by atoms with E-state index in [-0.39, 0.29) is 18.3 Å². The van der Waals surface area contributed by atoms with Crippen molar-refractivity contribution in [1.29, 1.82) is 0 Å². The minimum atomic E-state index is -2.35. The fourth-order valence-corrected chi connectivity index (χ4v) is 20.4. The molecule has 0 aromatic rings. The van der Waals surface area contributed by atoms with Crippen LogP contribution in [0.3, 0.4) is 0 Å². The van der Waals surface area contributed by atoms with Gasteiger partial charge in [0.05, 0.1) is 44.2 Å². The van der Waals surface area contributed by atoms with E-state index in [2.05, 4.69) is 34.6 Å². The van der Waals surface area contributed by atoms with Crippen LogP contribution in [0.5, 0.6) is 0 Å². The average Bonchev–Trinajstić information content (AvgIpc) is 1.38. The van der Waals surface area contributed by atoms with Gasteiger partial charge in [0, 0.05) is 24.3 Å². The Morgan fingerprint density at radius 3 is 1.78 bits per heavy atom. The van der Waals surface area contributed by atoms with Gasteiger partial charge in [-0.1, -0.05) is 67.9 Å². The van der Waals surface area contributed by atoms with Gasteiger partial charge in [-0.3, -0.25) is 4.79 Å². The molecule has 5 saturated carbocycles. The van der Waals surface area contributed by atoms with Gasteiger partial charge in [0.25, 0.3) is 0 Å². The largest absolute Gasteiger partial charge is 0.479 e. The van der Waals surface area contributed by atoms with Crippen LogP contribution in [0.1, 0.15) is 140 Å². The van der Waals surface area contributed by atoms with Crippen LogP contribution in [0.4, 0.5) is 0 Å². The number of carbonyl (C=O) groups excluding carboxylic acids is 2. The molecule has 6 aliphatic heterocycles. The zero-order chi connectivity index (χ0) is 71.7. The first kappa shape index (κ1) is 76.3. The average molecular weight is 1410 g/mol. The third kappa shape index (κ3) is 12.3. The summed E-state index contributed by atoms with van der Waals surface area (Å²) in [5.74, 6) is -3.50. The van der Waals surface area contributed by atoms with Crippen molar-refractivity contribution in [2.45, 2.75) is 311 Å². The van der Waals surface area contributed by atoms with Crippen molar-refractivity contribution >= 4 is 17.9 Å². The van der Waals surface area contributed by atoms with Crippen molar-refractivity contribution in [3.63, 3.8) is 0 Å². The van der Waals surface area contributed by atoms with E-state index >= 15 is 0 Å². The van der Waals surface area contributed by atoms with Gasteiger partial charge >= 0.3 is 17.9 Å². The van der Waals surface area contributed by atoms with Gasteiger partial charge in [0.2, 0.25) is 0 Å². The van der Waals surface area contributed by atoms with E-state index in [1.807, 2.05) is 20.8 Å². The third-order valence-electron chi connectivity index (χ3n) is 25.6. The number of carboxylic acids is 1. The van der Waals surface area contributed by atoms with Gasteiger partial charge < -0.3 is 138 Å². The number of carbonyl (C=O) groups is 3. The summed E-state index contributed by atoms with van der Waals surface area (Å²) >= 11 is 0. The molecule has 0 radical (unpaired) electrons. The Hall–Kier alpha value is -2.85. The Morgan fingerprint density at radius 1 is 0.571 bits per heavy atom. The van der Waals surface area contributed by atoms with E-state index in [9.17, 15) is 91.0 Å². The maximum absolute atomic E-state index is 13.7. The molecule has 1 spiro atoms. The highest BCUT2D eigenvalue weighted by Gasteiger charge is 2.85. The molecule has 31 nitrogen and oxygen atoms in total. The van der Waals surface area contributed by atoms with Crippen molar-refractivity contribution in [2.24, 2.45) is 50.2 Å². The van der Waals surface area contributed by atoms with Crippen LogP contribution in [0.15, 0.2) is 12.2 Å². The lowest BCUT2D eigenvalue weighted by molar-refractivity contribution is -0.409. The Bertz CT molecular complexity index is 2870. The monoisotopic (exact) mass is 1410 g/mol. The highest BCUT2D eigenvalue weighted by molar-refractivity contribution is 5.82. The highest BCUT2D eigenvalue weighted by Crippen LogP contribution is 2.82. The van der Waals surface area contributed by atoms with Crippen LogP contribution in [-0.2, 0) is 76.0 Å². The van der Waals surface area contributed by atoms with Crippen molar-refractivity contribution in [2.75, 3.05) is 26.4 Å². The molecule has 98 heavy (non-hydrogen) atoms. The summed E-state index contributed by atoms with van der Waals surface area (Å²) in [5, 5.41) is 168. The van der Waals surface area contributed by atoms with Gasteiger partial charge in [-0.2, -0.15) is 0 Å². The first-order chi connectivity index (χ1) is 45.9. The summed E-state index contributed by atoms with van der Waals surface area (Å²) in [4.78, 5) is 40.6. The summed E-state index contributed by atoms with van der Waals surface area (Å²) in [6, 6.07) is 0. The Balaban J connectivity index is 0.916. The number of rotatable bonds is 19. The Labute approximate surface area is 568 Å². The number of allylic oxidation sites excluding steroid dienone is 1. The minimum absolute atomic E-state index is 0.0450. The third-order valence-corrected chi connectivity index (χ3v) is 25.6. The number of aliphatic carboxylic acids is 1. The smallest absolute Gasteiger partial charge is 0.335 e. The van der Waals surface area contributed by atoms with Gasteiger partial charge in [-0.15, -0.1) is 0 Å². The number of hydrogen-bond acceptors (Lipinski definition) is 30. The normalized spacial score (nSPS) is 52.7. The molecular formula is C67H106O31. The molecule has 6 saturated heterocycles. The Morgan fingerprint density at radius 2 is 1.15 bits per heavy atom. The fourth-order valence-electron chi connectivity index (χ4n) is 20.4. The van der Waals surface area contributed by atoms with E-state index in [1.54, 1.807) is 6.08 Å². The van der Waals surface area contributed by atoms with Crippen LogP contribution in [-0.4, -0.2) is 292 Å². The van der Waals surface area contributed by atoms with Crippen molar-refractivity contribution in [3.8, 4) is 0 Å². The first-order valence-corrected chi connectivity index (χ1v) is 34.7. The topological polar surface area (TPSA) is 475 Å². The molecule has 11 fully saturated rings. The molecule has 2 bridgehead atoms. The quantitative estimate of drug-likeness (QED) is 0.0378. The van der Waals surface area contributed by atoms with Crippen LogP contribution >= 0.6 is 0 Å². The zero-order valence-corrected chi connectivity index (χ0v) is 57.2. The maximum atomic E-state index is 13.7. The molecule has 15 N–H and O–H groups in total. The van der Waals surface area contributed by atoms with Gasteiger partial charge in [-0.05, 0) is 105 Å². The summed E-state index contributed by atoms with van der Waals surface area (Å²) in [6.45, 7) is 16.1. The second kappa shape index (κ2) is 27.9. The molecule has 35 atom stereocenters. The van der Waals surface area contributed by atoms with Crippen LogP contribution in [0, 0.1) is 50.2 Å². The van der Waals surface area contributed by atoms with E-state index in [4.69, 9.17) is 61.6 Å². The molecule has 6 heterocycles. The summed E-state index contributed by atoms with van der Waals surface area (Å²) in [6.07, 6.45) is -38.4. The van der Waals surface area contributed by atoms with Crippen molar-refractivity contribution in [3.05, 3.63) is 12.2 Å². The van der Waals surface area contributed by atoms with E-state index in [0.29, 0.717) is 57.8 Å². The molecule has 5 aliphatic carbocycles. The second-order valence-electron chi connectivity index (χ2n) is 32.0. The fraction of sp³-hybridized carbons (Fsp3) is 0.925. The Kier molecular flexibility index (Phi) is 21.7. The number of hydrogen-bond donors (Lipinski definition) is 15. The van der Waals surface area contributed by atoms with Crippen LogP contribution in [0.2, 0.25) is 0 Å². The maximum Gasteiger partial charge on any atom is 0.335 e. The number of carboxylic acid groups (broad SMARTS) is 1. The number of fused-ring (bicyclic) bond motifs is 4. The molecule has 31 heteroatoms. The predicted octanol–water partition coefficient (Wildman–Crippen LogP) is -2.00. The van der Waals surface area contributed by atoms with Crippen molar-refractivity contribution in [1.82, 2.24) is 0 Å². The zero-order valence-electron chi connectivity index (χ0n) is 57.2. The second-order valence-corrected chi connectivity index (χ2v) is 32.0. The molecule has 560 valence electrons. The summed E-state index contributed by atoms with van der Waals surface area (Å²) in [7, 11) is 0. The highest BCUT2D eigenvalue weighted by atomic mass is 16.8. The molecule has 0 aromatic carbocycles. The molecular weight excluding hydrogens is 1300 g/mol. The number of aliphatic hydroxyl groups is 14. The van der Waals surface area contributed by atoms with E-state index in [0.717, 1.165) is 6.42 Å². The van der Waals surface area contributed by atoms with Crippen molar-refractivity contribution < 1.29 is 153 Å². The molecule has 0 aromatic heterocycles. The first-order valence-electron chi connectivity index (χ1n) is 34.7. The van der Waals surface area contributed by atoms with E-state index < -0.39 is 254 Å². The molecule has 11 rings (SSSR count). The standard InChI is InChI=1S/C67H106O31/c1-11-12-13-14-38(72)91-36-22-60(4,5)21-34-66-20-16-33-62(8)18-17-35(61(6,7)32(62)15-19-63(33,9)64(66,10)23-37(88-29(3)71)67(34,36)59(84)98-66)92-57-51(97-54-45(79)42(76)40(74)30(24-68)89-54)47(46(80)48(94-57)53(82)83)93-56-50(44(78)41(75)31(25-69)90-56)95-55-49(43(77)39(73)28(2)87-55)96-58-52(81)65(85,26-70)27-86-58/h13-14,28,30-37,39-52,54-59,68-70,73-81,84-85H,11-12,15-27H2,1-10H3,(H,82,83)/b14-13+/t28-,30+,31+,32?,33?,34?,35-,36-,37+,39-,40-,41-,42-,43+,44-,45+,46-,47-,48-,49+,50+,51+,52-,54-,55-,56-,57+,58-,59+,62-,63+,64-,65+,66-,67-/m0/s1. The van der Waals surface area contributed by atoms with Crippen LogP contribution in [0.25, 0.3) is 0 Å². The van der Waals surface area contributed by atoms with E-state index in [1.165, 1.54) is 19.9 Å². The lowest BCUT2D eigenvalue weighted by Crippen LogP contribution is -2.76. The molecule has 11 aliphatic rings. The van der Waals surface area contributed by atoms with Gasteiger partial charge in [0.1, 0.15) is 115 Å². The number of ether oxygens (including phenoxy) is 13. The van der Waals surface area contributed by atoms with Gasteiger partial charge in [0.15, 0.2) is 43.8 Å². The number of aliphatic hydroxyl groups excluding tert-OH is 13. The predicted molar refractivity (Wildman–Crippen MR) is 328 cm³/mol. The molecule has 3 unspecified atom stereocenters. The molecule has 0 amide bonds. The minimum Gasteiger partial charge on any atom is -0.479 e. The lowest BCUT2D eigenvalue weighted by atomic mass is 9.30. The lowest BCUT2D eigenvalue weighted by Gasteiger charge is -2.75. The number of unbranched alkanes of at least 4 members (excludes halogenated alkanes) is 1. The van der Waals surface area contributed by atoms with Crippen LogP contribution < -0.4 is 0 Å².